The molecule has 1 unspecified atom stereocenters. The van der Waals surface area contributed by atoms with Gasteiger partial charge >= 0.3 is 6.09 Å². The van der Waals surface area contributed by atoms with Crippen LogP contribution in [0.5, 0.6) is 0 Å². The number of ether oxygens (including phenoxy) is 1. The first kappa shape index (κ1) is 20.5. The van der Waals surface area contributed by atoms with Gasteiger partial charge < -0.3 is 15.0 Å². The fraction of sp³-hybridized carbons (Fsp3) is 0.364. The van der Waals surface area contributed by atoms with Crippen LogP contribution in [0.3, 0.4) is 0 Å². The summed E-state index contributed by atoms with van der Waals surface area (Å²) in [5, 5.41) is 3.03. The third kappa shape index (κ3) is 6.44. The summed E-state index contributed by atoms with van der Waals surface area (Å²) >= 11 is 0. The Morgan fingerprint density at radius 2 is 1.56 bits per heavy atom. The molecular weight excluding hydrogens is 340 g/mol. The second kappa shape index (κ2) is 8.71. The molecule has 0 saturated carbocycles. The van der Waals surface area contributed by atoms with Crippen LogP contribution in [0.15, 0.2) is 54.6 Å². The zero-order valence-electron chi connectivity index (χ0n) is 16.7. The van der Waals surface area contributed by atoms with E-state index in [1.165, 1.54) is 4.90 Å². The summed E-state index contributed by atoms with van der Waals surface area (Å²) in [5.74, 6) is -0.252. The van der Waals surface area contributed by atoms with Crippen molar-refractivity contribution in [2.75, 3.05) is 13.6 Å². The van der Waals surface area contributed by atoms with Crippen molar-refractivity contribution in [1.29, 1.82) is 0 Å². The normalized spacial score (nSPS) is 12.2. The highest BCUT2D eigenvalue weighted by atomic mass is 16.6. The second-order valence-corrected chi connectivity index (χ2v) is 7.66. The van der Waals surface area contributed by atoms with Gasteiger partial charge in [0.15, 0.2) is 0 Å². The maximum absolute atomic E-state index is 12.6. The highest BCUT2D eigenvalue weighted by Gasteiger charge is 2.23. The van der Waals surface area contributed by atoms with Crippen molar-refractivity contribution < 1.29 is 14.3 Å². The molecule has 0 bridgehead atoms. The van der Waals surface area contributed by atoms with E-state index in [-0.39, 0.29) is 18.5 Å². The van der Waals surface area contributed by atoms with Crippen LogP contribution in [0.2, 0.25) is 0 Å². The lowest BCUT2D eigenvalue weighted by Gasteiger charge is -2.25. The Kier molecular flexibility index (Phi) is 6.61. The predicted octanol–water partition coefficient (Wildman–Crippen LogP) is 4.07. The largest absolute Gasteiger partial charge is 0.444 e. The summed E-state index contributed by atoms with van der Waals surface area (Å²) in [5.41, 5.74) is 2.52. The number of nitrogens with one attached hydrogen (secondary N) is 1. The van der Waals surface area contributed by atoms with Gasteiger partial charge in [-0.1, -0.05) is 60.2 Å². The molecule has 2 amide bonds. The predicted molar refractivity (Wildman–Crippen MR) is 106 cm³/mol. The molecule has 2 rings (SSSR count). The van der Waals surface area contributed by atoms with Gasteiger partial charge in [-0.3, -0.25) is 4.79 Å². The molecule has 5 nitrogen and oxygen atoms in total. The number of benzene rings is 2. The van der Waals surface area contributed by atoms with Crippen molar-refractivity contribution in [1.82, 2.24) is 10.2 Å². The second-order valence-electron chi connectivity index (χ2n) is 7.66. The molecule has 1 N–H and O–H groups in total. The number of rotatable bonds is 5. The Morgan fingerprint density at radius 1 is 1.00 bits per heavy atom. The number of carbonyl (C=O) groups excluding carboxylic acids is 2. The Balaban J connectivity index is 2.12. The fourth-order valence-corrected chi connectivity index (χ4v) is 2.59. The van der Waals surface area contributed by atoms with E-state index in [4.69, 9.17) is 4.74 Å². The van der Waals surface area contributed by atoms with Gasteiger partial charge in [-0.2, -0.15) is 0 Å². The molecule has 0 saturated heterocycles. The van der Waals surface area contributed by atoms with E-state index < -0.39 is 11.7 Å². The van der Waals surface area contributed by atoms with Gasteiger partial charge in [0.05, 0.1) is 6.04 Å². The quantitative estimate of drug-likeness (QED) is 0.865. The van der Waals surface area contributed by atoms with Crippen LogP contribution in [0, 0.1) is 6.92 Å². The van der Waals surface area contributed by atoms with Gasteiger partial charge in [0.1, 0.15) is 12.1 Å². The molecule has 144 valence electrons. The topological polar surface area (TPSA) is 58.6 Å². The molecule has 2 aromatic carbocycles. The van der Waals surface area contributed by atoms with Crippen LogP contribution in [0.25, 0.3) is 0 Å². The van der Waals surface area contributed by atoms with Crippen molar-refractivity contribution in [3.05, 3.63) is 71.3 Å². The van der Waals surface area contributed by atoms with Gasteiger partial charge in [-0.05, 0) is 38.8 Å². The summed E-state index contributed by atoms with van der Waals surface area (Å²) in [6.45, 7) is 7.32. The zero-order chi connectivity index (χ0) is 20.0. The van der Waals surface area contributed by atoms with Crippen LogP contribution >= 0.6 is 0 Å². The highest BCUT2D eigenvalue weighted by Crippen LogP contribution is 2.22. The minimum atomic E-state index is -0.601. The number of hydrogen-bond acceptors (Lipinski definition) is 3. The Hall–Kier alpha value is -2.82. The summed E-state index contributed by atoms with van der Waals surface area (Å²) in [4.78, 5) is 25.9. The van der Waals surface area contributed by atoms with E-state index in [2.05, 4.69) is 5.32 Å². The number of hydrogen-bond donors (Lipinski definition) is 1. The minimum absolute atomic E-state index is 0.0793. The molecule has 27 heavy (non-hydrogen) atoms. The highest BCUT2D eigenvalue weighted by molar-refractivity contribution is 5.82. The van der Waals surface area contributed by atoms with Gasteiger partial charge in [-0.15, -0.1) is 0 Å². The van der Waals surface area contributed by atoms with Gasteiger partial charge in [-0.25, -0.2) is 4.79 Å². The Morgan fingerprint density at radius 3 is 2.11 bits per heavy atom. The molecule has 0 aliphatic carbocycles. The van der Waals surface area contributed by atoms with E-state index in [0.29, 0.717) is 0 Å². The molecule has 0 heterocycles. The molecule has 0 radical (unpaired) electrons. The molecule has 1 atom stereocenters. The van der Waals surface area contributed by atoms with Crippen LogP contribution in [0.4, 0.5) is 4.79 Å². The maximum atomic E-state index is 12.6. The van der Waals surface area contributed by atoms with Gasteiger partial charge in [0, 0.05) is 7.05 Å². The molecular formula is C22H28N2O3. The maximum Gasteiger partial charge on any atom is 0.410 e. The first-order valence-electron chi connectivity index (χ1n) is 9.01. The number of aryl methyl sites for hydroxylation is 1. The first-order valence-corrected chi connectivity index (χ1v) is 9.01. The standard InChI is InChI=1S/C22H28N2O3/c1-16-11-13-18(14-12-16)20(17-9-7-6-8-10-17)23-19(25)15-24(5)21(26)27-22(2,3)4/h6-14,20H,15H2,1-5H3,(H,23,25). The zero-order valence-corrected chi connectivity index (χ0v) is 16.7. The number of nitrogens with zero attached hydrogens (tertiary/aromatic N) is 1. The summed E-state index contributed by atoms with van der Waals surface area (Å²) < 4.78 is 5.29. The van der Waals surface area contributed by atoms with Crippen molar-refractivity contribution in [3.8, 4) is 0 Å². The smallest absolute Gasteiger partial charge is 0.410 e. The minimum Gasteiger partial charge on any atom is -0.444 e. The average molecular weight is 368 g/mol. The molecule has 0 spiro atoms. The lowest BCUT2D eigenvalue weighted by molar-refractivity contribution is -0.122. The van der Waals surface area contributed by atoms with E-state index >= 15 is 0 Å². The monoisotopic (exact) mass is 368 g/mol. The van der Waals surface area contributed by atoms with Crippen molar-refractivity contribution in [2.24, 2.45) is 0 Å². The Labute approximate surface area is 161 Å². The van der Waals surface area contributed by atoms with Crippen LogP contribution in [0.1, 0.15) is 43.5 Å². The van der Waals surface area contributed by atoms with Crippen molar-refractivity contribution in [3.63, 3.8) is 0 Å². The SMILES string of the molecule is Cc1ccc(C(NC(=O)CN(C)C(=O)OC(C)(C)C)c2ccccc2)cc1. The van der Waals surface area contributed by atoms with Crippen molar-refractivity contribution in [2.45, 2.75) is 39.3 Å². The van der Waals surface area contributed by atoms with Crippen LogP contribution in [-0.2, 0) is 9.53 Å². The van der Waals surface area contributed by atoms with Crippen LogP contribution in [-0.4, -0.2) is 36.1 Å². The van der Waals surface area contributed by atoms with E-state index in [0.717, 1.165) is 16.7 Å². The first-order chi connectivity index (χ1) is 12.7. The van der Waals surface area contributed by atoms with E-state index in [9.17, 15) is 9.59 Å². The van der Waals surface area contributed by atoms with Crippen molar-refractivity contribution >= 4 is 12.0 Å². The lowest BCUT2D eigenvalue weighted by Crippen LogP contribution is -2.42. The van der Waals surface area contributed by atoms with Crippen LogP contribution < -0.4 is 5.32 Å². The molecule has 0 aromatic heterocycles. The summed E-state index contributed by atoms with van der Waals surface area (Å²) in [6, 6.07) is 17.5. The Bertz CT molecular complexity index is 764. The van der Waals surface area contributed by atoms with Gasteiger partial charge in [0.2, 0.25) is 5.91 Å². The molecule has 0 aliphatic heterocycles. The summed E-state index contributed by atoms with van der Waals surface area (Å²) in [7, 11) is 1.55. The average Bonchev–Trinajstić information content (AvgIpc) is 2.60. The third-order valence-electron chi connectivity index (χ3n) is 3.93. The lowest BCUT2D eigenvalue weighted by atomic mass is 9.98. The molecule has 0 fully saturated rings. The summed E-state index contributed by atoms with van der Waals surface area (Å²) in [6.07, 6.45) is -0.524. The number of likely N-dealkylation sites (N-methyl/N-ethyl adjacent to an activating group) is 1. The number of amides is 2. The molecule has 2 aromatic rings. The number of carbonyl (C=O) groups is 2. The van der Waals surface area contributed by atoms with E-state index in [1.54, 1.807) is 27.8 Å². The van der Waals surface area contributed by atoms with E-state index in [1.807, 2.05) is 61.5 Å². The van der Waals surface area contributed by atoms with Gasteiger partial charge in [0.25, 0.3) is 0 Å². The molecule has 0 aliphatic rings. The third-order valence-corrected chi connectivity index (χ3v) is 3.93. The molecule has 5 heteroatoms. The fourth-order valence-electron chi connectivity index (χ4n) is 2.59.